The Hall–Kier alpha value is -1.80. The first-order chi connectivity index (χ1) is 9.11. The SMILES string of the molecule is COc1ccc(CC(N)c2c(C)cccc2C)cc1. The number of nitrogens with two attached hydrogens (primary N) is 1. The van der Waals surface area contributed by atoms with Crippen molar-refractivity contribution in [2.45, 2.75) is 26.3 Å². The third-order valence-corrected chi connectivity index (χ3v) is 3.53. The maximum atomic E-state index is 6.37. The Labute approximate surface area is 115 Å². The number of aryl methyl sites for hydroxylation is 2. The summed E-state index contributed by atoms with van der Waals surface area (Å²) in [7, 11) is 1.68. The van der Waals surface area contributed by atoms with E-state index >= 15 is 0 Å². The molecule has 19 heavy (non-hydrogen) atoms. The van der Waals surface area contributed by atoms with Crippen molar-refractivity contribution in [3.8, 4) is 5.75 Å². The molecular weight excluding hydrogens is 234 g/mol. The zero-order valence-electron chi connectivity index (χ0n) is 11.8. The van der Waals surface area contributed by atoms with Crippen LogP contribution in [0.25, 0.3) is 0 Å². The molecule has 0 aromatic heterocycles. The Morgan fingerprint density at radius 3 is 2.11 bits per heavy atom. The molecule has 0 aliphatic rings. The molecule has 0 radical (unpaired) electrons. The molecule has 100 valence electrons. The van der Waals surface area contributed by atoms with E-state index in [1.807, 2.05) is 12.1 Å². The highest BCUT2D eigenvalue weighted by Gasteiger charge is 2.12. The van der Waals surface area contributed by atoms with Crippen LogP contribution >= 0.6 is 0 Å². The van der Waals surface area contributed by atoms with E-state index in [4.69, 9.17) is 10.5 Å². The van der Waals surface area contributed by atoms with Gasteiger partial charge in [0.05, 0.1) is 7.11 Å². The van der Waals surface area contributed by atoms with Gasteiger partial charge in [-0.1, -0.05) is 30.3 Å². The highest BCUT2D eigenvalue weighted by atomic mass is 16.5. The molecule has 2 rings (SSSR count). The number of benzene rings is 2. The summed E-state index contributed by atoms with van der Waals surface area (Å²) >= 11 is 0. The number of ether oxygens (including phenoxy) is 1. The van der Waals surface area contributed by atoms with Crippen LogP contribution in [0.5, 0.6) is 5.75 Å². The zero-order chi connectivity index (χ0) is 13.8. The van der Waals surface area contributed by atoms with Gasteiger partial charge in [-0.2, -0.15) is 0 Å². The predicted octanol–water partition coefficient (Wildman–Crippen LogP) is 3.55. The molecule has 2 heteroatoms. The summed E-state index contributed by atoms with van der Waals surface area (Å²) in [6.07, 6.45) is 0.843. The van der Waals surface area contributed by atoms with Crippen molar-refractivity contribution in [3.63, 3.8) is 0 Å². The van der Waals surface area contributed by atoms with Crippen LogP contribution in [-0.2, 0) is 6.42 Å². The smallest absolute Gasteiger partial charge is 0.118 e. The maximum Gasteiger partial charge on any atom is 0.118 e. The number of hydrogen-bond acceptors (Lipinski definition) is 2. The molecule has 0 heterocycles. The molecule has 0 fully saturated rings. The second kappa shape index (κ2) is 5.89. The normalized spacial score (nSPS) is 12.2. The van der Waals surface area contributed by atoms with Crippen molar-refractivity contribution in [1.82, 2.24) is 0 Å². The molecule has 0 aliphatic carbocycles. The van der Waals surface area contributed by atoms with Gasteiger partial charge in [0.1, 0.15) is 5.75 Å². The van der Waals surface area contributed by atoms with E-state index in [0.717, 1.165) is 12.2 Å². The predicted molar refractivity (Wildman–Crippen MR) is 79.5 cm³/mol. The first-order valence-corrected chi connectivity index (χ1v) is 6.56. The molecule has 2 aromatic carbocycles. The zero-order valence-corrected chi connectivity index (χ0v) is 11.8. The largest absolute Gasteiger partial charge is 0.497 e. The highest BCUT2D eigenvalue weighted by molar-refractivity contribution is 5.37. The van der Waals surface area contributed by atoms with Crippen LogP contribution in [0.2, 0.25) is 0 Å². The van der Waals surface area contributed by atoms with Gasteiger partial charge in [-0.25, -0.2) is 0 Å². The summed E-state index contributed by atoms with van der Waals surface area (Å²) in [5, 5.41) is 0. The van der Waals surface area contributed by atoms with Crippen LogP contribution < -0.4 is 10.5 Å². The van der Waals surface area contributed by atoms with Crippen LogP contribution in [0.4, 0.5) is 0 Å². The number of rotatable bonds is 4. The minimum Gasteiger partial charge on any atom is -0.497 e. The first kappa shape index (κ1) is 13.6. The van der Waals surface area contributed by atoms with Gasteiger partial charge in [-0.3, -0.25) is 0 Å². The third kappa shape index (κ3) is 3.15. The Kier molecular flexibility index (Phi) is 4.23. The molecule has 1 unspecified atom stereocenters. The van der Waals surface area contributed by atoms with Crippen molar-refractivity contribution < 1.29 is 4.74 Å². The van der Waals surface area contributed by atoms with E-state index in [9.17, 15) is 0 Å². The molecule has 2 aromatic rings. The summed E-state index contributed by atoms with van der Waals surface area (Å²) < 4.78 is 5.17. The minimum atomic E-state index is 0.0367. The Morgan fingerprint density at radius 2 is 1.58 bits per heavy atom. The fourth-order valence-electron chi connectivity index (χ4n) is 2.53. The second-order valence-corrected chi connectivity index (χ2v) is 4.96. The van der Waals surface area contributed by atoms with Crippen molar-refractivity contribution in [1.29, 1.82) is 0 Å². The van der Waals surface area contributed by atoms with Gasteiger partial charge >= 0.3 is 0 Å². The fraction of sp³-hybridized carbons (Fsp3) is 0.294. The van der Waals surface area contributed by atoms with Gasteiger partial charge < -0.3 is 10.5 Å². The third-order valence-electron chi connectivity index (χ3n) is 3.53. The highest BCUT2D eigenvalue weighted by Crippen LogP contribution is 2.24. The standard InChI is InChI=1S/C17H21NO/c1-12-5-4-6-13(2)17(12)16(18)11-14-7-9-15(19-3)10-8-14/h4-10,16H,11,18H2,1-3H3. The van der Waals surface area contributed by atoms with Crippen molar-refractivity contribution in [3.05, 3.63) is 64.7 Å². The molecule has 0 aliphatic heterocycles. The van der Waals surface area contributed by atoms with Gasteiger partial charge in [0.15, 0.2) is 0 Å². The molecule has 0 saturated carbocycles. The summed E-state index contributed by atoms with van der Waals surface area (Å²) in [6.45, 7) is 4.24. The molecule has 2 N–H and O–H groups in total. The Morgan fingerprint density at radius 1 is 1.00 bits per heavy atom. The van der Waals surface area contributed by atoms with Crippen LogP contribution in [0.1, 0.15) is 28.3 Å². The van der Waals surface area contributed by atoms with Gasteiger partial charge in [0, 0.05) is 6.04 Å². The number of methoxy groups -OCH3 is 1. The van der Waals surface area contributed by atoms with E-state index in [-0.39, 0.29) is 6.04 Å². The summed E-state index contributed by atoms with van der Waals surface area (Å²) in [5.41, 5.74) is 11.4. The van der Waals surface area contributed by atoms with Crippen molar-refractivity contribution >= 4 is 0 Å². The average Bonchev–Trinajstić information content (AvgIpc) is 2.39. The molecule has 0 spiro atoms. The van der Waals surface area contributed by atoms with E-state index in [1.165, 1.54) is 22.3 Å². The molecule has 2 nitrogen and oxygen atoms in total. The van der Waals surface area contributed by atoms with E-state index in [0.29, 0.717) is 0 Å². The minimum absolute atomic E-state index is 0.0367. The molecule has 0 amide bonds. The lowest BCUT2D eigenvalue weighted by molar-refractivity contribution is 0.414. The molecular formula is C17H21NO. The van der Waals surface area contributed by atoms with Crippen LogP contribution in [-0.4, -0.2) is 7.11 Å². The van der Waals surface area contributed by atoms with Gasteiger partial charge in [0.25, 0.3) is 0 Å². The van der Waals surface area contributed by atoms with E-state index in [1.54, 1.807) is 7.11 Å². The lowest BCUT2D eigenvalue weighted by Gasteiger charge is -2.17. The average molecular weight is 255 g/mol. The fourth-order valence-corrected chi connectivity index (χ4v) is 2.53. The van der Waals surface area contributed by atoms with Crippen LogP contribution in [0, 0.1) is 13.8 Å². The molecule has 0 bridgehead atoms. The number of hydrogen-bond donors (Lipinski definition) is 1. The molecule has 1 atom stereocenters. The van der Waals surface area contributed by atoms with Crippen LogP contribution in [0.3, 0.4) is 0 Å². The maximum absolute atomic E-state index is 6.37. The van der Waals surface area contributed by atoms with Crippen molar-refractivity contribution in [2.75, 3.05) is 7.11 Å². The van der Waals surface area contributed by atoms with Crippen molar-refractivity contribution in [2.24, 2.45) is 5.73 Å². The topological polar surface area (TPSA) is 35.2 Å². The Bertz CT molecular complexity index is 525. The summed E-state index contributed by atoms with van der Waals surface area (Å²) in [5.74, 6) is 0.879. The summed E-state index contributed by atoms with van der Waals surface area (Å²) in [4.78, 5) is 0. The quantitative estimate of drug-likeness (QED) is 0.906. The van der Waals surface area contributed by atoms with Gasteiger partial charge in [-0.15, -0.1) is 0 Å². The van der Waals surface area contributed by atoms with E-state index in [2.05, 4.69) is 44.2 Å². The lowest BCUT2D eigenvalue weighted by Crippen LogP contribution is -2.16. The van der Waals surface area contributed by atoms with Gasteiger partial charge in [-0.05, 0) is 54.7 Å². The first-order valence-electron chi connectivity index (χ1n) is 6.56. The Balaban J connectivity index is 2.18. The lowest BCUT2D eigenvalue weighted by atomic mass is 9.92. The molecule has 0 saturated heterocycles. The van der Waals surface area contributed by atoms with Crippen LogP contribution in [0.15, 0.2) is 42.5 Å². The summed E-state index contributed by atoms with van der Waals surface area (Å²) in [6, 6.07) is 14.5. The second-order valence-electron chi connectivity index (χ2n) is 4.96. The van der Waals surface area contributed by atoms with E-state index < -0.39 is 0 Å². The monoisotopic (exact) mass is 255 g/mol. The van der Waals surface area contributed by atoms with Gasteiger partial charge in [0.2, 0.25) is 0 Å².